The molecule has 0 heterocycles. The molecule has 3 heteroatoms. The maximum Gasteiger partial charge on any atom is 0.0950 e. The summed E-state index contributed by atoms with van der Waals surface area (Å²) in [5.41, 5.74) is 0. The molecule has 0 saturated heterocycles. The summed E-state index contributed by atoms with van der Waals surface area (Å²) in [5.74, 6) is 0. The van der Waals surface area contributed by atoms with E-state index in [1.165, 1.54) is 0 Å². The van der Waals surface area contributed by atoms with Gasteiger partial charge in [-0.15, -0.1) is 0 Å². The molecule has 0 spiro atoms. The standard InChI is InChI=1S/C10H18N2S/c1-6-7-9(2)13-10(3)11-8-12(4)5/h8H,2-3,6-7H2,1,4-5H3. The van der Waals surface area contributed by atoms with E-state index in [2.05, 4.69) is 25.1 Å². The molecule has 0 aliphatic carbocycles. The molecule has 0 N–H and O–H groups in total. The highest BCUT2D eigenvalue weighted by atomic mass is 32.2. The molecular weight excluding hydrogens is 180 g/mol. The van der Waals surface area contributed by atoms with E-state index in [0.717, 1.165) is 22.8 Å². The molecule has 0 saturated carbocycles. The lowest BCUT2D eigenvalue weighted by molar-refractivity contribution is 0.643. The van der Waals surface area contributed by atoms with Crippen molar-refractivity contribution in [3.8, 4) is 0 Å². The van der Waals surface area contributed by atoms with E-state index in [4.69, 9.17) is 0 Å². The van der Waals surface area contributed by atoms with Crippen molar-refractivity contribution in [2.75, 3.05) is 14.1 Å². The molecule has 74 valence electrons. The monoisotopic (exact) mass is 198 g/mol. The van der Waals surface area contributed by atoms with Gasteiger partial charge in [-0.25, -0.2) is 4.99 Å². The molecule has 0 amide bonds. The first-order valence-electron chi connectivity index (χ1n) is 4.31. The quantitative estimate of drug-likeness (QED) is 0.481. The Kier molecular flexibility index (Phi) is 6.41. The summed E-state index contributed by atoms with van der Waals surface area (Å²) >= 11 is 1.55. The molecule has 13 heavy (non-hydrogen) atoms. The van der Waals surface area contributed by atoms with Gasteiger partial charge in [0.05, 0.1) is 11.4 Å². The molecule has 0 atom stereocenters. The Labute approximate surface area is 85.4 Å². The smallest absolute Gasteiger partial charge is 0.0950 e. The van der Waals surface area contributed by atoms with Crippen LogP contribution in [0.4, 0.5) is 0 Å². The first kappa shape index (κ1) is 12.3. The summed E-state index contributed by atoms with van der Waals surface area (Å²) < 4.78 is 0. The lowest BCUT2D eigenvalue weighted by Crippen LogP contribution is -2.07. The third-order valence-corrected chi connectivity index (χ3v) is 2.06. The van der Waals surface area contributed by atoms with Crippen LogP contribution in [0.5, 0.6) is 0 Å². The van der Waals surface area contributed by atoms with E-state index in [1.807, 2.05) is 19.0 Å². The fraction of sp³-hybridized carbons (Fsp3) is 0.500. The van der Waals surface area contributed by atoms with Gasteiger partial charge in [-0.1, -0.05) is 38.3 Å². The van der Waals surface area contributed by atoms with Crippen LogP contribution in [0.1, 0.15) is 19.8 Å². The van der Waals surface area contributed by atoms with Crippen LogP contribution in [0.25, 0.3) is 0 Å². The normalized spacial score (nSPS) is 10.4. The minimum Gasteiger partial charge on any atom is -0.369 e. The van der Waals surface area contributed by atoms with Crippen LogP contribution in [-0.4, -0.2) is 25.3 Å². The molecule has 0 aliphatic rings. The van der Waals surface area contributed by atoms with Gasteiger partial charge in [-0.05, 0) is 11.3 Å². The molecule has 0 bridgehead atoms. The largest absolute Gasteiger partial charge is 0.369 e. The average Bonchev–Trinajstić information content (AvgIpc) is 2.01. The first-order valence-corrected chi connectivity index (χ1v) is 5.13. The van der Waals surface area contributed by atoms with E-state index in [1.54, 1.807) is 18.1 Å². The minimum atomic E-state index is 0.798. The number of aliphatic imine (C=N–C) groups is 1. The van der Waals surface area contributed by atoms with E-state index in [0.29, 0.717) is 0 Å². The fourth-order valence-corrected chi connectivity index (χ4v) is 1.44. The summed E-state index contributed by atoms with van der Waals surface area (Å²) in [7, 11) is 3.87. The van der Waals surface area contributed by atoms with Crippen molar-refractivity contribution in [3.63, 3.8) is 0 Å². The Morgan fingerprint density at radius 1 is 1.46 bits per heavy atom. The van der Waals surface area contributed by atoms with E-state index in [9.17, 15) is 0 Å². The summed E-state index contributed by atoms with van der Waals surface area (Å²) in [4.78, 5) is 7.17. The molecular formula is C10H18N2S. The highest BCUT2D eigenvalue weighted by Gasteiger charge is 1.96. The van der Waals surface area contributed by atoms with Gasteiger partial charge in [0, 0.05) is 14.1 Å². The van der Waals surface area contributed by atoms with Crippen molar-refractivity contribution in [1.29, 1.82) is 0 Å². The third-order valence-electron chi connectivity index (χ3n) is 1.22. The second-order valence-corrected chi connectivity index (χ2v) is 4.25. The van der Waals surface area contributed by atoms with Crippen LogP contribution < -0.4 is 0 Å². The van der Waals surface area contributed by atoms with E-state index >= 15 is 0 Å². The van der Waals surface area contributed by atoms with Gasteiger partial charge in [0.2, 0.25) is 0 Å². The van der Waals surface area contributed by atoms with E-state index in [-0.39, 0.29) is 0 Å². The van der Waals surface area contributed by atoms with Crippen LogP contribution in [0.2, 0.25) is 0 Å². The Balaban J connectivity index is 3.81. The Morgan fingerprint density at radius 2 is 2.08 bits per heavy atom. The SMILES string of the molecule is C=C(CCC)SC(=C)N=CN(C)C. The maximum atomic E-state index is 4.15. The topological polar surface area (TPSA) is 15.6 Å². The Morgan fingerprint density at radius 3 is 2.54 bits per heavy atom. The predicted octanol–water partition coefficient (Wildman–Crippen LogP) is 3.09. The van der Waals surface area contributed by atoms with Crippen LogP contribution in [0.15, 0.2) is 28.1 Å². The van der Waals surface area contributed by atoms with Crippen molar-refractivity contribution in [2.24, 2.45) is 4.99 Å². The zero-order valence-electron chi connectivity index (χ0n) is 8.71. The highest BCUT2D eigenvalue weighted by molar-refractivity contribution is 8.06. The third kappa shape index (κ3) is 7.65. The highest BCUT2D eigenvalue weighted by Crippen LogP contribution is 2.26. The number of thioether (sulfide) groups is 1. The number of nitrogens with zero attached hydrogens (tertiary/aromatic N) is 2. The van der Waals surface area contributed by atoms with E-state index < -0.39 is 0 Å². The van der Waals surface area contributed by atoms with Crippen LogP contribution in [0.3, 0.4) is 0 Å². The molecule has 0 aromatic heterocycles. The van der Waals surface area contributed by atoms with Crippen molar-refractivity contribution < 1.29 is 0 Å². The summed E-state index contributed by atoms with van der Waals surface area (Å²) in [6, 6.07) is 0. The number of hydrogen-bond donors (Lipinski definition) is 0. The van der Waals surface area contributed by atoms with Gasteiger partial charge in [0.1, 0.15) is 0 Å². The molecule has 2 nitrogen and oxygen atoms in total. The molecule has 0 fully saturated rings. The lowest BCUT2D eigenvalue weighted by atomic mass is 10.3. The minimum absolute atomic E-state index is 0.798. The van der Waals surface area contributed by atoms with Gasteiger partial charge in [-0.3, -0.25) is 0 Å². The lowest BCUT2D eigenvalue weighted by Gasteiger charge is -2.05. The zero-order chi connectivity index (χ0) is 10.3. The van der Waals surface area contributed by atoms with Crippen molar-refractivity contribution in [2.45, 2.75) is 19.8 Å². The molecule has 0 aromatic carbocycles. The predicted molar refractivity (Wildman–Crippen MR) is 63.0 cm³/mol. The zero-order valence-corrected chi connectivity index (χ0v) is 9.52. The van der Waals surface area contributed by atoms with Crippen LogP contribution in [0, 0.1) is 0 Å². The second-order valence-electron chi connectivity index (χ2n) is 2.99. The molecule has 0 rings (SSSR count). The summed E-state index contributed by atoms with van der Waals surface area (Å²) in [6.45, 7) is 9.89. The van der Waals surface area contributed by atoms with Gasteiger partial charge in [-0.2, -0.15) is 0 Å². The number of allylic oxidation sites excluding steroid dienone is 1. The van der Waals surface area contributed by atoms with Crippen molar-refractivity contribution in [1.82, 2.24) is 4.90 Å². The molecule has 0 unspecified atom stereocenters. The maximum absolute atomic E-state index is 4.15. The Bertz CT molecular complexity index is 207. The van der Waals surface area contributed by atoms with Gasteiger partial charge in [0.15, 0.2) is 0 Å². The van der Waals surface area contributed by atoms with Gasteiger partial charge >= 0.3 is 0 Å². The average molecular weight is 198 g/mol. The van der Waals surface area contributed by atoms with Crippen LogP contribution >= 0.6 is 11.8 Å². The van der Waals surface area contributed by atoms with Crippen molar-refractivity contribution >= 4 is 18.1 Å². The number of hydrogen-bond acceptors (Lipinski definition) is 2. The van der Waals surface area contributed by atoms with Gasteiger partial charge in [0.25, 0.3) is 0 Å². The fourth-order valence-electron chi connectivity index (χ4n) is 0.703. The molecule has 0 aliphatic heterocycles. The van der Waals surface area contributed by atoms with Gasteiger partial charge < -0.3 is 4.90 Å². The summed E-state index contributed by atoms with van der Waals surface area (Å²) in [6.07, 6.45) is 3.90. The number of rotatable bonds is 6. The molecule has 0 radical (unpaired) electrons. The second kappa shape index (κ2) is 6.78. The first-order chi connectivity index (χ1) is 6.06. The summed E-state index contributed by atoms with van der Waals surface area (Å²) in [5, 5.41) is 0.798. The van der Waals surface area contributed by atoms with Crippen molar-refractivity contribution in [3.05, 3.63) is 23.1 Å². The van der Waals surface area contributed by atoms with Crippen LogP contribution in [-0.2, 0) is 0 Å². The molecule has 0 aromatic rings. The Hall–Kier alpha value is -0.700.